The number of para-hydroxylation sites is 2. The summed E-state index contributed by atoms with van der Waals surface area (Å²) in [6, 6.07) is 11.5. The summed E-state index contributed by atoms with van der Waals surface area (Å²) in [5, 5.41) is 6.97. The lowest BCUT2D eigenvalue weighted by Gasteiger charge is -2.14. The van der Waals surface area contributed by atoms with E-state index in [1.807, 2.05) is 0 Å². The Morgan fingerprint density at radius 2 is 1.90 bits per heavy atom. The molecule has 0 aliphatic carbocycles. The molecule has 0 saturated heterocycles. The van der Waals surface area contributed by atoms with Gasteiger partial charge in [0, 0.05) is 18.2 Å². The number of nitrogens with zero attached hydrogens (tertiary/aromatic N) is 2. The van der Waals surface area contributed by atoms with Gasteiger partial charge in [0.2, 0.25) is 0 Å². The lowest BCUT2D eigenvalue weighted by Crippen LogP contribution is -2.16. The van der Waals surface area contributed by atoms with Crippen LogP contribution in [-0.2, 0) is 12.3 Å². The van der Waals surface area contributed by atoms with E-state index in [-0.39, 0.29) is 28.3 Å². The van der Waals surface area contributed by atoms with Gasteiger partial charge in [-0.3, -0.25) is 4.79 Å². The van der Waals surface area contributed by atoms with Crippen LogP contribution in [0.3, 0.4) is 0 Å². The molecule has 0 aliphatic rings. The van der Waals surface area contributed by atoms with E-state index in [0.29, 0.717) is 17.8 Å². The Labute approximate surface area is 176 Å². The van der Waals surface area contributed by atoms with Crippen LogP contribution in [0.1, 0.15) is 41.2 Å². The number of amides is 1. The molecule has 3 aromatic rings. The highest BCUT2D eigenvalue weighted by molar-refractivity contribution is 6.06. The molecule has 0 spiro atoms. The molecule has 0 unspecified atom stereocenters. The number of rotatable bonds is 7. The lowest BCUT2D eigenvalue weighted by molar-refractivity contribution is -0.0499. The molecule has 0 radical (unpaired) electrons. The Morgan fingerprint density at radius 1 is 1.19 bits per heavy atom. The first-order valence-corrected chi connectivity index (χ1v) is 9.54. The van der Waals surface area contributed by atoms with E-state index in [1.165, 1.54) is 35.0 Å². The van der Waals surface area contributed by atoms with Crippen molar-refractivity contribution in [2.45, 2.75) is 39.7 Å². The monoisotopic (exact) mass is 435 g/mol. The molecule has 0 atom stereocenters. The van der Waals surface area contributed by atoms with Gasteiger partial charge in [-0.15, -0.1) is 0 Å². The Balaban J connectivity index is 1.99. The van der Waals surface area contributed by atoms with Crippen LogP contribution in [0.4, 0.5) is 23.2 Å². The van der Waals surface area contributed by atoms with Crippen LogP contribution in [-0.4, -0.2) is 22.3 Å². The molecule has 1 heterocycles. The number of ether oxygens (including phenoxy) is 1. The lowest BCUT2D eigenvalue weighted by atomic mass is 10.1. The normalized spacial score (nSPS) is 11.6. The molecule has 164 valence electrons. The van der Waals surface area contributed by atoms with Crippen molar-refractivity contribution in [3.8, 4) is 11.4 Å². The molecule has 0 bridgehead atoms. The number of aryl methyl sites for hydroxylation is 1. The average molecular weight is 435 g/mol. The highest BCUT2D eigenvalue weighted by Crippen LogP contribution is 2.30. The van der Waals surface area contributed by atoms with Gasteiger partial charge < -0.3 is 10.1 Å². The quantitative estimate of drug-likeness (QED) is 0.484. The third-order valence-corrected chi connectivity index (χ3v) is 4.65. The van der Waals surface area contributed by atoms with Gasteiger partial charge in [0.05, 0.1) is 17.0 Å². The van der Waals surface area contributed by atoms with Crippen molar-refractivity contribution >= 4 is 11.6 Å². The predicted molar refractivity (Wildman–Crippen MR) is 108 cm³/mol. The molecule has 9 heteroatoms. The molecular formula is C22H21F4N3O2. The summed E-state index contributed by atoms with van der Waals surface area (Å²) in [5.74, 6) is -3.67. The smallest absolute Gasteiger partial charge is 0.387 e. The molecule has 0 saturated carbocycles. The summed E-state index contributed by atoms with van der Waals surface area (Å²) >= 11 is 0. The standard InChI is InChI=1S/C22H21F4N3O2/c1-4-16-19(20(30)27-15-9-7-8-14(12-15)22(3,25)26)13(2)28-29(16)17-10-5-6-11-18(17)31-21(23)24/h5-12,21H,4H2,1-3H3,(H,27,30). The Morgan fingerprint density at radius 3 is 2.55 bits per heavy atom. The summed E-state index contributed by atoms with van der Waals surface area (Å²) in [4.78, 5) is 13.0. The molecule has 5 nitrogen and oxygen atoms in total. The number of aromatic nitrogens is 2. The number of halogens is 4. The van der Waals surface area contributed by atoms with Gasteiger partial charge in [-0.2, -0.15) is 13.9 Å². The fourth-order valence-corrected chi connectivity index (χ4v) is 3.29. The van der Waals surface area contributed by atoms with Crippen LogP contribution in [0.25, 0.3) is 5.69 Å². The van der Waals surface area contributed by atoms with E-state index in [9.17, 15) is 22.4 Å². The minimum Gasteiger partial charge on any atom is -0.433 e. The number of anilines is 1. The van der Waals surface area contributed by atoms with E-state index in [4.69, 9.17) is 0 Å². The van der Waals surface area contributed by atoms with E-state index in [2.05, 4.69) is 15.2 Å². The maximum Gasteiger partial charge on any atom is 0.387 e. The number of carbonyl (C=O) groups excluding carboxylic acids is 1. The van der Waals surface area contributed by atoms with Crippen LogP contribution in [0.15, 0.2) is 48.5 Å². The third-order valence-electron chi connectivity index (χ3n) is 4.65. The first-order chi connectivity index (χ1) is 14.6. The number of hydrogen-bond donors (Lipinski definition) is 1. The Kier molecular flexibility index (Phi) is 6.33. The topological polar surface area (TPSA) is 56.2 Å². The average Bonchev–Trinajstić information content (AvgIpc) is 3.03. The number of benzene rings is 2. The number of nitrogens with one attached hydrogen (secondary N) is 1. The van der Waals surface area contributed by atoms with Gasteiger partial charge in [-0.25, -0.2) is 13.5 Å². The number of carbonyl (C=O) groups is 1. The minimum atomic E-state index is -3.05. The molecule has 1 N–H and O–H groups in total. The van der Waals surface area contributed by atoms with Gasteiger partial charge in [-0.05, 0) is 37.6 Å². The van der Waals surface area contributed by atoms with E-state index in [1.54, 1.807) is 32.0 Å². The highest BCUT2D eigenvalue weighted by atomic mass is 19.3. The summed E-state index contributed by atoms with van der Waals surface area (Å²) in [6.45, 7) is 1.15. The Bertz CT molecular complexity index is 1090. The summed E-state index contributed by atoms with van der Waals surface area (Å²) in [7, 11) is 0. The SMILES string of the molecule is CCc1c(C(=O)Nc2cccc(C(C)(F)F)c2)c(C)nn1-c1ccccc1OC(F)F. The summed E-state index contributed by atoms with van der Waals surface area (Å²) < 4.78 is 58.8. The molecular weight excluding hydrogens is 414 g/mol. The van der Waals surface area contributed by atoms with Crippen LogP contribution in [0.2, 0.25) is 0 Å². The van der Waals surface area contributed by atoms with Gasteiger partial charge in [-0.1, -0.05) is 31.2 Å². The fourth-order valence-electron chi connectivity index (χ4n) is 3.29. The largest absolute Gasteiger partial charge is 0.433 e. The van der Waals surface area contributed by atoms with Crippen LogP contribution in [0, 0.1) is 6.92 Å². The maximum atomic E-state index is 13.6. The zero-order chi connectivity index (χ0) is 22.8. The second-order valence-electron chi connectivity index (χ2n) is 6.94. The second kappa shape index (κ2) is 8.79. The Hall–Kier alpha value is -3.36. The first kappa shape index (κ1) is 22.3. The molecule has 2 aromatic carbocycles. The van der Waals surface area contributed by atoms with Crippen molar-refractivity contribution in [2.75, 3.05) is 5.32 Å². The number of alkyl halides is 4. The van der Waals surface area contributed by atoms with Crippen LogP contribution in [0.5, 0.6) is 5.75 Å². The van der Waals surface area contributed by atoms with E-state index < -0.39 is 18.4 Å². The first-order valence-electron chi connectivity index (χ1n) is 9.54. The third kappa shape index (κ3) is 4.87. The zero-order valence-corrected chi connectivity index (χ0v) is 17.1. The van der Waals surface area contributed by atoms with Crippen molar-refractivity contribution in [3.63, 3.8) is 0 Å². The summed E-state index contributed by atoms with van der Waals surface area (Å²) in [6.07, 6.45) is 0.361. The molecule has 3 rings (SSSR count). The van der Waals surface area contributed by atoms with Crippen molar-refractivity contribution in [1.82, 2.24) is 9.78 Å². The predicted octanol–water partition coefficient (Wildman–Crippen LogP) is 5.71. The minimum absolute atomic E-state index is 0.0838. The molecule has 1 aromatic heterocycles. The number of hydrogen-bond acceptors (Lipinski definition) is 3. The second-order valence-corrected chi connectivity index (χ2v) is 6.94. The van der Waals surface area contributed by atoms with Crippen molar-refractivity contribution < 1.29 is 27.1 Å². The molecule has 0 fully saturated rings. The van der Waals surface area contributed by atoms with Crippen LogP contribution >= 0.6 is 0 Å². The van der Waals surface area contributed by atoms with Crippen LogP contribution < -0.4 is 10.1 Å². The van der Waals surface area contributed by atoms with Gasteiger partial charge in [0.25, 0.3) is 11.8 Å². The van der Waals surface area contributed by atoms with E-state index >= 15 is 0 Å². The summed E-state index contributed by atoms with van der Waals surface area (Å²) in [5.41, 5.74) is 1.30. The van der Waals surface area contributed by atoms with E-state index in [0.717, 1.165) is 6.92 Å². The molecule has 0 aliphatic heterocycles. The fraction of sp³-hybridized carbons (Fsp3) is 0.273. The van der Waals surface area contributed by atoms with Gasteiger partial charge in [0.15, 0.2) is 5.75 Å². The van der Waals surface area contributed by atoms with Gasteiger partial charge >= 0.3 is 6.61 Å². The van der Waals surface area contributed by atoms with Crippen molar-refractivity contribution in [3.05, 3.63) is 71.0 Å². The zero-order valence-electron chi connectivity index (χ0n) is 17.1. The highest BCUT2D eigenvalue weighted by Gasteiger charge is 2.26. The van der Waals surface area contributed by atoms with Crippen molar-refractivity contribution in [1.29, 1.82) is 0 Å². The molecule has 1 amide bonds. The maximum absolute atomic E-state index is 13.6. The van der Waals surface area contributed by atoms with Crippen molar-refractivity contribution in [2.24, 2.45) is 0 Å². The van der Waals surface area contributed by atoms with Gasteiger partial charge in [0.1, 0.15) is 5.69 Å². The molecule has 31 heavy (non-hydrogen) atoms.